The number of nitrogens with zero attached hydrogens (tertiary/aromatic N) is 2. The molecule has 0 atom stereocenters. The zero-order chi connectivity index (χ0) is 13.8. The molecule has 19 heavy (non-hydrogen) atoms. The lowest BCUT2D eigenvalue weighted by Crippen LogP contribution is -2.09. The van der Waals surface area contributed by atoms with Gasteiger partial charge in [0.2, 0.25) is 0 Å². The van der Waals surface area contributed by atoms with E-state index < -0.39 is 0 Å². The Morgan fingerprint density at radius 3 is 2.84 bits per heavy atom. The van der Waals surface area contributed by atoms with Crippen LogP contribution in [0.5, 0.6) is 0 Å². The van der Waals surface area contributed by atoms with Gasteiger partial charge in [0.15, 0.2) is 0 Å². The van der Waals surface area contributed by atoms with Gasteiger partial charge in [0, 0.05) is 6.54 Å². The zero-order valence-corrected chi connectivity index (χ0v) is 11.3. The van der Waals surface area contributed by atoms with Crippen LogP contribution in [0.3, 0.4) is 0 Å². The van der Waals surface area contributed by atoms with Crippen molar-refractivity contribution in [3.8, 4) is 5.69 Å². The van der Waals surface area contributed by atoms with E-state index in [0.29, 0.717) is 6.54 Å². The second kappa shape index (κ2) is 5.84. The second-order valence-corrected chi connectivity index (χ2v) is 4.51. The van der Waals surface area contributed by atoms with Crippen LogP contribution >= 0.6 is 0 Å². The minimum atomic E-state index is -0.261. The van der Waals surface area contributed by atoms with E-state index in [4.69, 9.17) is 5.73 Å². The SMILES string of the molecule is Cc1nn(-c2cccc(F)c2)c(C)c1NCCCN. The molecule has 0 aliphatic carbocycles. The average molecular weight is 262 g/mol. The number of hydrogen-bond donors (Lipinski definition) is 2. The summed E-state index contributed by atoms with van der Waals surface area (Å²) in [5, 5.41) is 7.79. The highest BCUT2D eigenvalue weighted by Crippen LogP contribution is 2.22. The largest absolute Gasteiger partial charge is 0.382 e. The summed E-state index contributed by atoms with van der Waals surface area (Å²) in [4.78, 5) is 0. The van der Waals surface area contributed by atoms with Crippen LogP contribution in [0.15, 0.2) is 24.3 Å². The first kappa shape index (κ1) is 13.5. The van der Waals surface area contributed by atoms with E-state index in [1.807, 2.05) is 19.9 Å². The smallest absolute Gasteiger partial charge is 0.125 e. The quantitative estimate of drug-likeness (QED) is 0.813. The number of nitrogens with two attached hydrogens (primary N) is 1. The van der Waals surface area contributed by atoms with Gasteiger partial charge in [0.25, 0.3) is 0 Å². The molecule has 5 heteroatoms. The molecule has 0 amide bonds. The summed E-state index contributed by atoms with van der Waals surface area (Å²) < 4.78 is 15.0. The predicted molar refractivity (Wildman–Crippen MR) is 75.2 cm³/mol. The van der Waals surface area contributed by atoms with Gasteiger partial charge in [-0.25, -0.2) is 9.07 Å². The lowest BCUT2D eigenvalue weighted by molar-refractivity contribution is 0.625. The number of halogens is 1. The van der Waals surface area contributed by atoms with Crippen molar-refractivity contribution in [3.05, 3.63) is 41.5 Å². The number of aryl methyl sites for hydroxylation is 1. The third-order valence-corrected chi connectivity index (χ3v) is 3.03. The summed E-state index contributed by atoms with van der Waals surface area (Å²) in [5.74, 6) is -0.261. The fraction of sp³-hybridized carbons (Fsp3) is 0.357. The molecule has 0 saturated heterocycles. The Morgan fingerprint density at radius 2 is 2.16 bits per heavy atom. The molecule has 4 nitrogen and oxygen atoms in total. The molecule has 0 spiro atoms. The van der Waals surface area contributed by atoms with Gasteiger partial charge < -0.3 is 11.1 Å². The van der Waals surface area contributed by atoms with Crippen molar-refractivity contribution in [3.63, 3.8) is 0 Å². The van der Waals surface area contributed by atoms with Gasteiger partial charge in [-0.1, -0.05) is 6.07 Å². The lowest BCUT2D eigenvalue weighted by atomic mass is 10.2. The summed E-state index contributed by atoms with van der Waals surface area (Å²) in [6.45, 7) is 5.37. The van der Waals surface area contributed by atoms with Crippen molar-refractivity contribution in [2.75, 3.05) is 18.4 Å². The van der Waals surface area contributed by atoms with Crippen LogP contribution in [0.1, 0.15) is 17.8 Å². The van der Waals surface area contributed by atoms with E-state index in [1.54, 1.807) is 10.7 Å². The molecule has 1 aromatic heterocycles. The molecule has 0 bridgehead atoms. The first-order valence-corrected chi connectivity index (χ1v) is 6.39. The molecule has 1 aromatic carbocycles. The fourth-order valence-electron chi connectivity index (χ4n) is 2.07. The van der Waals surface area contributed by atoms with Crippen LogP contribution < -0.4 is 11.1 Å². The molecule has 0 aliphatic rings. The molecule has 3 N–H and O–H groups in total. The molecule has 2 rings (SSSR count). The van der Waals surface area contributed by atoms with Crippen LogP contribution in [0, 0.1) is 19.7 Å². The summed E-state index contributed by atoms with van der Waals surface area (Å²) >= 11 is 0. The standard InChI is InChI=1S/C14H19FN4/c1-10-14(17-8-4-7-16)11(2)19(18-10)13-6-3-5-12(15)9-13/h3,5-6,9,17H,4,7-8,16H2,1-2H3. The highest BCUT2D eigenvalue weighted by Gasteiger charge is 2.12. The van der Waals surface area contributed by atoms with Gasteiger partial charge in [0.05, 0.1) is 22.8 Å². The van der Waals surface area contributed by atoms with Gasteiger partial charge in [0.1, 0.15) is 5.82 Å². The molecular weight excluding hydrogens is 243 g/mol. The topological polar surface area (TPSA) is 55.9 Å². The van der Waals surface area contributed by atoms with Crippen LogP contribution in [0.25, 0.3) is 5.69 Å². The van der Waals surface area contributed by atoms with E-state index in [-0.39, 0.29) is 5.82 Å². The molecule has 102 valence electrons. The minimum absolute atomic E-state index is 0.261. The van der Waals surface area contributed by atoms with E-state index in [0.717, 1.165) is 35.7 Å². The maximum atomic E-state index is 13.3. The Morgan fingerprint density at radius 1 is 1.37 bits per heavy atom. The number of rotatable bonds is 5. The fourth-order valence-corrected chi connectivity index (χ4v) is 2.07. The van der Waals surface area contributed by atoms with E-state index in [9.17, 15) is 4.39 Å². The molecular formula is C14H19FN4. The summed E-state index contributed by atoms with van der Waals surface area (Å²) in [6, 6.07) is 6.42. The number of nitrogens with one attached hydrogen (secondary N) is 1. The van der Waals surface area contributed by atoms with E-state index in [2.05, 4.69) is 10.4 Å². The number of hydrogen-bond acceptors (Lipinski definition) is 3. The predicted octanol–water partition coefficient (Wildman–Crippen LogP) is 2.39. The van der Waals surface area contributed by atoms with Crippen molar-refractivity contribution < 1.29 is 4.39 Å². The molecule has 0 unspecified atom stereocenters. The van der Waals surface area contributed by atoms with Gasteiger partial charge in [-0.3, -0.25) is 0 Å². The molecule has 1 heterocycles. The number of anilines is 1. The lowest BCUT2D eigenvalue weighted by Gasteiger charge is -2.07. The zero-order valence-electron chi connectivity index (χ0n) is 11.3. The summed E-state index contributed by atoms with van der Waals surface area (Å²) in [5.41, 5.74) is 9.08. The normalized spacial score (nSPS) is 10.7. The van der Waals surface area contributed by atoms with Crippen LogP contribution in [0.4, 0.5) is 10.1 Å². The third-order valence-electron chi connectivity index (χ3n) is 3.03. The van der Waals surface area contributed by atoms with Crippen molar-refractivity contribution in [1.29, 1.82) is 0 Å². The molecule has 0 radical (unpaired) electrons. The first-order chi connectivity index (χ1) is 9.13. The maximum Gasteiger partial charge on any atom is 0.125 e. The van der Waals surface area contributed by atoms with Crippen LogP contribution in [-0.4, -0.2) is 22.9 Å². The van der Waals surface area contributed by atoms with Gasteiger partial charge in [-0.15, -0.1) is 0 Å². The third kappa shape index (κ3) is 2.93. The van der Waals surface area contributed by atoms with E-state index in [1.165, 1.54) is 12.1 Å². The average Bonchev–Trinajstić information content (AvgIpc) is 2.67. The Hall–Kier alpha value is -1.88. The maximum absolute atomic E-state index is 13.3. The Labute approximate surface area is 112 Å². The monoisotopic (exact) mass is 262 g/mol. The Bertz CT molecular complexity index is 563. The van der Waals surface area contributed by atoms with Gasteiger partial charge >= 0.3 is 0 Å². The Balaban J connectivity index is 2.30. The van der Waals surface area contributed by atoms with Crippen molar-refractivity contribution in [2.24, 2.45) is 5.73 Å². The number of aromatic nitrogens is 2. The van der Waals surface area contributed by atoms with Gasteiger partial charge in [-0.05, 0) is 45.0 Å². The van der Waals surface area contributed by atoms with Crippen LogP contribution in [0.2, 0.25) is 0 Å². The van der Waals surface area contributed by atoms with Crippen molar-refractivity contribution in [1.82, 2.24) is 9.78 Å². The summed E-state index contributed by atoms with van der Waals surface area (Å²) in [7, 11) is 0. The molecule has 0 fully saturated rings. The van der Waals surface area contributed by atoms with Crippen LogP contribution in [-0.2, 0) is 0 Å². The minimum Gasteiger partial charge on any atom is -0.382 e. The molecule has 0 saturated carbocycles. The molecule has 2 aromatic rings. The summed E-state index contributed by atoms with van der Waals surface area (Å²) in [6.07, 6.45) is 0.907. The Kier molecular flexibility index (Phi) is 4.16. The number of benzene rings is 1. The van der Waals surface area contributed by atoms with Crippen molar-refractivity contribution in [2.45, 2.75) is 20.3 Å². The van der Waals surface area contributed by atoms with Crippen molar-refractivity contribution >= 4 is 5.69 Å². The highest BCUT2D eigenvalue weighted by molar-refractivity contribution is 5.54. The first-order valence-electron chi connectivity index (χ1n) is 6.39. The van der Waals surface area contributed by atoms with Gasteiger partial charge in [-0.2, -0.15) is 5.10 Å². The molecule has 0 aliphatic heterocycles. The van der Waals surface area contributed by atoms with E-state index >= 15 is 0 Å². The highest BCUT2D eigenvalue weighted by atomic mass is 19.1. The second-order valence-electron chi connectivity index (χ2n) is 4.51.